The van der Waals surface area contributed by atoms with Crippen molar-refractivity contribution >= 4 is 29.0 Å². The fourth-order valence-corrected chi connectivity index (χ4v) is 4.04. The fourth-order valence-electron chi connectivity index (χ4n) is 3.82. The number of nitrogens with one attached hydrogen (secondary N) is 2. The van der Waals surface area contributed by atoms with Crippen molar-refractivity contribution in [2.24, 2.45) is 0 Å². The fraction of sp³-hybridized carbons (Fsp3) is 0.148. The summed E-state index contributed by atoms with van der Waals surface area (Å²) in [5.41, 5.74) is 3.89. The Morgan fingerprint density at radius 3 is 2.50 bits per heavy atom. The maximum atomic E-state index is 13.2. The molecule has 0 bridgehead atoms. The number of esters is 1. The van der Waals surface area contributed by atoms with E-state index in [0.717, 1.165) is 16.7 Å². The van der Waals surface area contributed by atoms with E-state index in [9.17, 15) is 10.1 Å². The average molecular weight is 470 g/mol. The Morgan fingerprint density at radius 2 is 1.74 bits per heavy atom. The average Bonchev–Trinajstić information content (AvgIpc) is 2.88. The minimum Gasteiger partial charge on any atom is -0.488 e. The van der Waals surface area contributed by atoms with Gasteiger partial charge in [0.05, 0.1) is 35.6 Å². The van der Waals surface area contributed by atoms with Crippen LogP contribution >= 0.6 is 12.2 Å². The lowest BCUT2D eigenvalue weighted by Crippen LogP contribution is -2.45. The first-order valence-electron chi connectivity index (χ1n) is 10.9. The number of rotatable bonds is 7. The van der Waals surface area contributed by atoms with Crippen LogP contribution < -0.4 is 15.4 Å². The van der Waals surface area contributed by atoms with Crippen LogP contribution in [0.4, 0.5) is 0 Å². The molecule has 6 nitrogen and oxygen atoms in total. The standard InChI is InChI=1S/C27H23N3O3S/c1-2-32-26(31)23-24(18-10-4-3-5-11-18)29-27(34)30-25(23)21-14-8-9-15-22(21)33-17-20-13-7-6-12-19(20)16-28/h3-15,25H,2,17H2,1H3,(H2,29,30,34)/t25-/m1/s1. The molecule has 1 heterocycles. The van der Waals surface area contributed by atoms with E-state index in [1.54, 1.807) is 13.0 Å². The second-order valence-corrected chi connectivity index (χ2v) is 7.91. The van der Waals surface area contributed by atoms with Crippen LogP contribution in [-0.4, -0.2) is 17.7 Å². The van der Waals surface area contributed by atoms with Crippen LogP contribution in [0.15, 0.2) is 84.4 Å². The molecule has 1 atom stereocenters. The van der Waals surface area contributed by atoms with Crippen molar-refractivity contribution in [2.75, 3.05) is 6.61 Å². The molecule has 0 spiro atoms. The molecule has 34 heavy (non-hydrogen) atoms. The Balaban J connectivity index is 1.77. The highest BCUT2D eigenvalue weighted by molar-refractivity contribution is 7.80. The van der Waals surface area contributed by atoms with Gasteiger partial charge in [0.15, 0.2) is 5.11 Å². The zero-order chi connectivity index (χ0) is 23.9. The highest BCUT2D eigenvalue weighted by Gasteiger charge is 2.34. The third kappa shape index (κ3) is 4.92. The molecule has 3 aromatic rings. The van der Waals surface area contributed by atoms with Gasteiger partial charge in [0, 0.05) is 11.1 Å². The first kappa shape index (κ1) is 23.0. The maximum absolute atomic E-state index is 13.2. The van der Waals surface area contributed by atoms with Crippen molar-refractivity contribution in [3.8, 4) is 11.8 Å². The topological polar surface area (TPSA) is 83.4 Å². The zero-order valence-electron chi connectivity index (χ0n) is 18.6. The van der Waals surface area contributed by atoms with Crippen molar-refractivity contribution in [3.05, 3.63) is 107 Å². The Kier molecular flexibility index (Phi) is 7.21. The lowest BCUT2D eigenvalue weighted by atomic mass is 9.92. The van der Waals surface area contributed by atoms with Crippen molar-refractivity contribution in [2.45, 2.75) is 19.6 Å². The molecule has 0 radical (unpaired) electrons. The molecule has 170 valence electrons. The summed E-state index contributed by atoms with van der Waals surface area (Å²) in [4.78, 5) is 13.2. The van der Waals surface area contributed by atoms with Gasteiger partial charge in [-0.05, 0) is 36.8 Å². The molecule has 0 saturated heterocycles. The van der Waals surface area contributed by atoms with E-state index >= 15 is 0 Å². The number of hydrogen-bond donors (Lipinski definition) is 2. The van der Waals surface area contributed by atoms with Crippen LogP contribution in [-0.2, 0) is 16.1 Å². The van der Waals surface area contributed by atoms with Gasteiger partial charge in [-0.25, -0.2) is 4.79 Å². The monoisotopic (exact) mass is 469 g/mol. The van der Waals surface area contributed by atoms with E-state index in [1.807, 2.05) is 72.8 Å². The van der Waals surface area contributed by atoms with E-state index in [0.29, 0.717) is 27.7 Å². The van der Waals surface area contributed by atoms with Crippen LogP contribution in [0.2, 0.25) is 0 Å². The zero-order valence-corrected chi connectivity index (χ0v) is 19.4. The van der Waals surface area contributed by atoms with Gasteiger partial charge < -0.3 is 20.1 Å². The first-order valence-corrected chi connectivity index (χ1v) is 11.3. The number of para-hydroxylation sites is 1. The van der Waals surface area contributed by atoms with Gasteiger partial charge in [0.25, 0.3) is 0 Å². The van der Waals surface area contributed by atoms with Crippen molar-refractivity contribution < 1.29 is 14.3 Å². The SMILES string of the molecule is CCOC(=O)C1=C(c2ccccc2)NC(=S)N[C@@H]1c1ccccc1OCc1ccccc1C#N. The summed E-state index contributed by atoms with van der Waals surface area (Å²) in [6, 6.07) is 25.9. The molecule has 1 aliphatic heterocycles. The summed E-state index contributed by atoms with van der Waals surface area (Å²) in [7, 11) is 0. The van der Waals surface area contributed by atoms with Crippen molar-refractivity contribution in [1.29, 1.82) is 5.26 Å². The molecule has 4 rings (SSSR count). The van der Waals surface area contributed by atoms with Gasteiger partial charge in [-0.15, -0.1) is 0 Å². The molecule has 0 saturated carbocycles. The second kappa shape index (κ2) is 10.6. The first-order chi connectivity index (χ1) is 16.6. The van der Waals surface area contributed by atoms with Crippen molar-refractivity contribution in [3.63, 3.8) is 0 Å². The van der Waals surface area contributed by atoms with Crippen molar-refractivity contribution in [1.82, 2.24) is 10.6 Å². The maximum Gasteiger partial charge on any atom is 0.338 e. The number of thiocarbonyl (C=S) groups is 1. The number of hydrogen-bond acceptors (Lipinski definition) is 5. The van der Waals surface area contributed by atoms with Crippen LogP contribution in [0.1, 0.15) is 35.2 Å². The summed E-state index contributed by atoms with van der Waals surface area (Å²) in [6.45, 7) is 2.22. The Hall–Kier alpha value is -4.15. The third-order valence-electron chi connectivity index (χ3n) is 5.38. The summed E-state index contributed by atoms with van der Waals surface area (Å²) < 4.78 is 11.6. The molecular weight excluding hydrogens is 446 g/mol. The van der Waals surface area contributed by atoms with E-state index in [4.69, 9.17) is 21.7 Å². The molecule has 1 aliphatic rings. The van der Waals surface area contributed by atoms with Gasteiger partial charge in [0.1, 0.15) is 12.4 Å². The second-order valence-electron chi connectivity index (χ2n) is 7.50. The summed E-state index contributed by atoms with van der Waals surface area (Å²) in [5, 5.41) is 16.1. The predicted octanol–water partition coefficient (Wildman–Crippen LogP) is 4.63. The molecule has 3 aromatic carbocycles. The van der Waals surface area contributed by atoms with Gasteiger partial charge in [0.2, 0.25) is 0 Å². The Morgan fingerprint density at radius 1 is 1.03 bits per heavy atom. The van der Waals surface area contributed by atoms with E-state index < -0.39 is 12.0 Å². The Labute approximate surface area is 203 Å². The molecule has 0 aromatic heterocycles. The normalized spacial score (nSPS) is 15.1. The summed E-state index contributed by atoms with van der Waals surface area (Å²) in [5.74, 6) is 0.130. The molecule has 7 heteroatoms. The smallest absolute Gasteiger partial charge is 0.338 e. The minimum atomic E-state index is -0.592. The molecule has 2 N–H and O–H groups in total. The number of ether oxygens (including phenoxy) is 2. The Bertz CT molecular complexity index is 1280. The minimum absolute atomic E-state index is 0.208. The highest BCUT2D eigenvalue weighted by atomic mass is 32.1. The van der Waals surface area contributed by atoms with E-state index in [-0.39, 0.29) is 13.2 Å². The molecule has 0 unspecified atom stereocenters. The largest absolute Gasteiger partial charge is 0.488 e. The molecular formula is C27H23N3O3S. The predicted molar refractivity (Wildman–Crippen MR) is 134 cm³/mol. The lowest BCUT2D eigenvalue weighted by molar-refractivity contribution is -0.138. The van der Waals surface area contributed by atoms with Gasteiger partial charge in [-0.1, -0.05) is 66.7 Å². The lowest BCUT2D eigenvalue weighted by Gasteiger charge is -2.32. The van der Waals surface area contributed by atoms with E-state index in [2.05, 4.69) is 16.7 Å². The summed E-state index contributed by atoms with van der Waals surface area (Å²) in [6.07, 6.45) is 0. The summed E-state index contributed by atoms with van der Waals surface area (Å²) >= 11 is 5.50. The van der Waals surface area contributed by atoms with Crippen LogP contribution in [0.25, 0.3) is 5.70 Å². The third-order valence-corrected chi connectivity index (χ3v) is 5.60. The number of benzene rings is 3. The molecule has 0 aliphatic carbocycles. The van der Waals surface area contributed by atoms with Crippen LogP contribution in [0.5, 0.6) is 5.75 Å². The van der Waals surface area contributed by atoms with E-state index in [1.165, 1.54) is 0 Å². The van der Waals surface area contributed by atoms with Gasteiger partial charge >= 0.3 is 5.97 Å². The number of nitriles is 1. The number of nitrogens with zero attached hydrogens (tertiary/aromatic N) is 1. The number of carbonyl (C=O) groups excluding carboxylic acids is 1. The number of carbonyl (C=O) groups is 1. The quantitative estimate of drug-likeness (QED) is 0.386. The van der Waals surface area contributed by atoms with Crippen LogP contribution in [0, 0.1) is 11.3 Å². The molecule has 0 fully saturated rings. The van der Waals surface area contributed by atoms with Gasteiger partial charge in [-0.2, -0.15) is 5.26 Å². The highest BCUT2D eigenvalue weighted by Crippen LogP contribution is 2.36. The molecule has 0 amide bonds. The van der Waals surface area contributed by atoms with Gasteiger partial charge in [-0.3, -0.25) is 0 Å². The van der Waals surface area contributed by atoms with Crippen LogP contribution in [0.3, 0.4) is 0 Å².